The molecule has 16 heavy (non-hydrogen) atoms. The molecule has 1 rings (SSSR count). The van der Waals surface area contributed by atoms with Gasteiger partial charge in [-0.3, -0.25) is 4.90 Å². The first-order valence-corrected chi connectivity index (χ1v) is 6.37. The summed E-state index contributed by atoms with van der Waals surface area (Å²) in [7, 11) is 4.24. The Morgan fingerprint density at radius 1 is 1.38 bits per heavy atom. The van der Waals surface area contributed by atoms with Crippen LogP contribution in [0.1, 0.15) is 33.6 Å². The van der Waals surface area contributed by atoms with E-state index in [0.29, 0.717) is 6.04 Å². The molecule has 0 radical (unpaired) electrons. The molecule has 2 unspecified atom stereocenters. The van der Waals surface area contributed by atoms with Gasteiger partial charge in [0.2, 0.25) is 0 Å². The summed E-state index contributed by atoms with van der Waals surface area (Å²) < 4.78 is 0. The van der Waals surface area contributed by atoms with Crippen molar-refractivity contribution >= 4 is 0 Å². The summed E-state index contributed by atoms with van der Waals surface area (Å²) in [5.41, 5.74) is -0.00867. The van der Waals surface area contributed by atoms with Gasteiger partial charge in [-0.15, -0.1) is 0 Å². The van der Waals surface area contributed by atoms with Crippen molar-refractivity contribution in [1.82, 2.24) is 9.80 Å². The van der Waals surface area contributed by atoms with Crippen molar-refractivity contribution in [3.8, 4) is 0 Å². The zero-order valence-corrected chi connectivity index (χ0v) is 11.5. The number of rotatable bonds is 4. The monoisotopic (exact) mass is 228 g/mol. The number of hydrogen-bond donors (Lipinski definition) is 1. The van der Waals surface area contributed by atoms with Crippen LogP contribution in [0.3, 0.4) is 0 Å². The fourth-order valence-corrected chi connectivity index (χ4v) is 2.26. The zero-order valence-electron chi connectivity index (χ0n) is 11.5. The lowest BCUT2D eigenvalue weighted by atomic mass is 9.89. The topological polar surface area (TPSA) is 26.7 Å². The number of likely N-dealkylation sites (N-methyl/N-ethyl adjacent to an activating group) is 1. The van der Waals surface area contributed by atoms with E-state index >= 15 is 0 Å². The molecule has 1 aliphatic heterocycles. The summed E-state index contributed by atoms with van der Waals surface area (Å²) >= 11 is 0. The van der Waals surface area contributed by atoms with Crippen molar-refractivity contribution in [2.75, 3.05) is 33.7 Å². The molecule has 1 fully saturated rings. The molecule has 2 atom stereocenters. The zero-order chi connectivity index (χ0) is 12.3. The Morgan fingerprint density at radius 3 is 2.50 bits per heavy atom. The lowest BCUT2D eigenvalue weighted by Crippen LogP contribution is -2.44. The van der Waals surface area contributed by atoms with E-state index in [9.17, 15) is 5.11 Å². The van der Waals surface area contributed by atoms with Crippen LogP contribution in [-0.4, -0.2) is 60.8 Å². The van der Waals surface area contributed by atoms with Gasteiger partial charge in [-0.1, -0.05) is 20.8 Å². The first-order chi connectivity index (χ1) is 7.30. The smallest absolute Gasteiger partial charge is 0.0715 e. The maximum Gasteiger partial charge on any atom is 0.0715 e. The third-order valence-corrected chi connectivity index (χ3v) is 3.48. The van der Waals surface area contributed by atoms with Crippen molar-refractivity contribution in [2.45, 2.75) is 45.8 Å². The number of β-amino-alcohol motifs (C(OH)–C–C–N with tert-alkyl or cyclic N) is 1. The van der Waals surface area contributed by atoms with Crippen molar-refractivity contribution in [1.29, 1.82) is 0 Å². The normalized spacial score (nSPS) is 25.3. The second-order valence-electron chi connectivity index (χ2n) is 6.44. The van der Waals surface area contributed by atoms with Gasteiger partial charge < -0.3 is 10.0 Å². The van der Waals surface area contributed by atoms with Crippen LogP contribution in [0, 0.1) is 5.41 Å². The number of likely N-dealkylation sites (tertiary alicyclic amines) is 1. The van der Waals surface area contributed by atoms with Crippen LogP contribution in [0.25, 0.3) is 0 Å². The lowest BCUT2D eigenvalue weighted by molar-refractivity contribution is 0.0223. The van der Waals surface area contributed by atoms with Gasteiger partial charge in [-0.25, -0.2) is 0 Å². The molecule has 1 N–H and O–H groups in total. The van der Waals surface area contributed by atoms with E-state index in [0.717, 1.165) is 19.6 Å². The van der Waals surface area contributed by atoms with Crippen LogP contribution in [0.15, 0.2) is 0 Å². The van der Waals surface area contributed by atoms with Crippen LogP contribution in [0.4, 0.5) is 0 Å². The minimum Gasteiger partial charge on any atom is -0.391 e. The molecule has 96 valence electrons. The van der Waals surface area contributed by atoms with Gasteiger partial charge in [0, 0.05) is 19.1 Å². The predicted octanol–water partition coefficient (Wildman–Crippen LogP) is 1.42. The maximum atomic E-state index is 10.1. The average molecular weight is 228 g/mol. The van der Waals surface area contributed by atoms with E-state index in [1.165, 1.54) is 12.8 Å². The molecule has 1 saturated heterocycles. The summed E-state index contributed by atoms with van der Waals surface area (Å²) in [6.45, 7) is 9.39. The lowest BCUT2D eigenvalue weighted by Gasteiger charge is -2.33. The minimum absolute atomic E-state index is 0.00867. The summed E-state index contributed by atoms with van der Waals surface area (Å²) in [6.07, 6.45) is 2.32. The van der Waals surface area contributed by atoms with E-state index in [1.54, 1.807) is 0 Å². The van der Waals surface area contributed by atoms with E-state index in [4.69, 9.17) is 0 Å². The first kappa shape index (κ1) is 13.9. The van der Waals surface area contributed by atoms with Gasteiger partial charge in [0.1, 0.15) is 0 Å². The predicted molar refractivity (Wildman–Crippen MR) is 68.6 cm³/mol. The fraction of sp³-hybridized carbons (Fsp3) is 1.00. The van der Waals surface area contributed by atoms with Crippen molar-refractivity contribution in [2.24, 2.45) is 5.41 Å². The second-order valence-corrected chi connectivity index (χ2v) is 6.44. The van der Waals surface area contributed by atoms with Crippen LogP contribution < -0.4 is 0 Å². The number of aliphatic hydroxyl groups excluding tert-OH is 1. The van der Waals surface area contributed by atoms with Crippen molar-refractivity contribution in [3.63, 3.8) is 0 Å². The van der Waals surface area contributed by atoms with Gasteiger partial charge in [-0.2, -0.15) is 0 Å². The van der Waals surface area contributed by atoms with E-state index in [-0.39, 0.29) is 11.5 Å². The Bertz CT molecular complexity index is 210. The van der Waals surface area contributed by atoms with Crippen molar-refractivity contribution < 1.29 is 5.11 Å². The Labute approximate surface area is 100 Å². The Hall–Kier alpha value is -0.120. The Morgan fingerprint density at radius 2 is 2.00 bits per heavy atom. The summed E-state index contributed by atoms with van der Waals surface area (Å²) in [5.74, 6) is 0. The van der Waals surface area contributed by atoms with Gasteiger partial charge in [0.15, 0.2) is 0 Å². The fourth-order valence-electron chi connectivity index (χ4n) is 2.26. The average Bonchev–Trinajstić information content (AvgIpc) is 2.50. The molecule has 1 heterocycles. The molecule has 1 aliphatic rings. The molecule has 0 saturated carbocycles. The molecule has 0 aromatic heterocycles. The van der Waals surface area contributed by atoms with E-state index in [1.807, 2.05) is 0 Å². The number of aliphatic hydroxyl groups is 1. The highest BCUT2D eigenvalue weighted by Crippen LogP contribution is 2.24. The largest absolute Gasteiger partial charge is 0.391 e. The molecule has 0 aromatic carbocycles. The highest BCUT2D eigenvalue weighted by Gasteiger charge is 2.30. The van der Waals surface area contributed by atoms with Crippen LogP contribution in [-0.2, 0) is 0 Å². The van der Waals surface area contributed by atoms with Gasteiger partial charge in [0.05, 0.1) is 6.10 Å². The third-order valence-electron chi connectivity index (χ3n) is 3.48. The molecule has 3 heteroatoms. The van der Waals surface area contributed by atoms with Crippen molar-refractivity contribution in [3.05, 3.63) is 0 Å². The van der Waals surface area contributed by atoms with Gasteiger partial charge in [-0.05, 0) is 38.9 Å². The quantitative estimate of drug-likeness (QED) is 0.788. The van der Waals surface area contributed by atoms with Gasteiger partial charge >= 0.3 is 0 Å². The summed E-state index contributed by atoms with van der Waals surface area (Å²) in [6, 6.07) is 0.631. The number of hydrogen-bond acceptors (Lipinski definition) is 3. The first-order valence-electron chi connectivity index (χ1n) is 6.37. The molecule has 0 bridgehead atoms. The molecule has 0 aromatic rings. The highest BCUT2D eigenvalue weighted by atomic mass is 16.3. The van der Waals surface area contributed by atoms with Crippen LogP contribution >= 0.6 is 0 Å². The van der Waals surface area contributed by atoms with E-state index in [2.05, 4.69) is 44.7 Å². The Kier molecular flexibility index (Phi) is 4.77. The Balaban J connectivity index is 2.46. The second kappa shape index (κ2) is 5.48. The standard InChI is InChI=1S/C13H28N2O/c1-13(2,3)12(16)10-15-8-6-7-11(15)9-14(4)5/h11-12,16H,6-10H2,1-5H3. The molecule has 0 spiro atoms. The molecule has 0 aliphatic carbocycles. The molecule has 0 amide bonds. The van der Waals surface area contributed by atoms with Crippen LogP contribution in [0.5, 0.6) is 0 Å². The molecular weight excluding hydrogens is 200 g/mol. The van der Waals surface area contributed by atoms with E-state index < -0.39 is 0 Å². The molecule has 3 nitrogen and oxygen atoms in total. The SMILES string of the molecule is CN(C)CC1CCCN1CC(O)C(C)(C)C. The number of nitrogens with zero attached hydrogens (tertiary/aromatic N) is 2. The third kappa shape index (κ3) is 4.04. The highest BCUT2D eigenvalue weighted by molar-refractivity contribution is 4.85. The van der Waals surface area contributed by atoms with Gasteiger partial charge in [0.25, 0.3) is 0 Å². The summed E-state index contributed by atoms with van der Waals surface area (Å²) in [4.78, 5) is 4.70. The molecular formula is C13H28N2O. The van der Waals surface area contributed by atoms with Crippen LogP contribution in [0.2, 0.25) is 0 Å². The maximum absolute atomic E-state index is 10.1. The minimum atomic E-state index is -0.227. The summed E-state index contributed by atoms with van der Waals surface area (Å²) in [5, 5.41) is 10.1.